The topological polar surface area (TPSA) is 15.3 Å². The molecule has 1 aliphatic heterocycles. The molecule has 118 valence electrons. The first-order valence-corrected chi connectivity index (χ1v) is 8.37. The Labute approximate surface area is 130 Å². The van der Waals surface area contributed by atoms with Gasteiger partial charge < -0.3 is 5.32 Å². The van der Waals surface area contributed by atoms with Gasteiger partial charge in [-0.25, -0.2) is 0 Å². The van der Waals surface area contributed by atoms with Gasteiger partial charge in [-0.2, -0.15) is 0 Å². The van der Waals surface area contributed by atoms with Gasteiger partial charge in [0.05, 0.1) is 0 Å². The van der Waals surface area contributed by atoms with Gasteiger partial charge in [0.15, 0.2) is 0 Å². The van der Waals surface area contributed by atoms with Crippen LogP contribution in [0, 0.1) is 5.41 Å². The van der Waals surface area contributed by atoms with Crippen molar-refractivity contribution in [2.75, 3.05) is 19.6 Å². The van der Waals surface area contributed by atoms with Crippen molar-refractivity contribution in [1.29, 1.82) is 0 Å². The first-order valence-electron chi connectivity index (χ1n) is 8.37. The zero-order chi connectivity index (χ0) is 15.5. The van der Waals surface area contributed by atoms with Gasteiger partial charge in [0.25, 0.3) is 0 Å². The Balaban J connectivity index is 2.06. The van der Waals surface area contributed by atoms with Crippen molar-refractivity contribution in [3.05, 3.63) is 35.9 Å². The molecule has 2 rings (SSSR count). The molecule has 2 heteroatoms. The summed E-state index contributed by atoms with van der Waals surface area (Å²) in [4.78, 5) is 2.72. The number of rotatable bonds is 4. The van der Waals surface area contributed by atoms with Crippen LogP contribution in [0.1, 0.15) is 46.6 Å². The van der Waals surface area contributed by atoms with Crippen LogP contribution in [0.3, 0.4) is 0 Å². The number of piperazine rings is 1. The summed E-state index contributed by atoms with van der Waals surface area (Å²) in [7, 11) is 0. The number of hydrogen-bond donors (Lipinski definition) is 1. The van der Waals surface area contributed by atoms with E-state index in [0.29, 0.717) is 11.5 Å². The van der Waals surface area contributed by atoms with Gasteiger partial charge in [0.1, 0.15) is 0 Å². The number of nitrogens with one attached hydrogen (secondary N) is 1. The Kier molecular flexibility index (Phi) is 5.11. The lowest BCUT2D eigenvalue weighted by molar-refractivity contribution is 0.0272. The molecule has 0 saturated carbocycles. The van der Waals surface area contributed by atoms with Gasteiger partial charge in [-0.05, 0) is 30.7 Å². The van der Waals surface area contributed by atoms with Gasteiger partial charge in [0, 0.05) is 31.2 Å². The molecule has 1 aromatic rings. The van der Waals surface area contributed by atoms with Crippen molar-refractivity contribution >= 4 is 0 Å². The monoisotopic (exact) mass is 288 g/mol. The minimum atomic E-state index is 0.262. The summed E-state index contributed by atoms with van der Waals surface area (Å²) in [6.45, 7) is 15.2. The molecule has 0 aromatic heterocycles. The molecule has 1 saturated heterocycles. The fourth-order valence-corrected chi connectivity index (χ4v) is 3.33. The predicted molar refractivity (Wildman–Crippen MR) is 91.7 cm³/mol. The van der Waals surface area contributed by atoms with Crippen molar-refractivity contribution in [2.45, 2.75) is 59.0 Å². The van der Waals surface area contributed by atoms with Gasteiger partial charge in [-0.3, -0.25) is 4.90 Å². The Morgan fingerprint density at radius 1 is 1.24 bits per heavy atom. The SMILES string of the molecule is CCC1(C)CN(CCc2ccccc2)C(C(C)(C)C)CN1. The van der Waals surface area contributed by atoms with Crippen LogP contribution in [0.5, 0.6) is 0 Å². The third-order valence-electron chi connectivity index (χ3n) is 5.03. The van der Waals surface area contributed by atoms with Crippen molar-refractivity contribution in [2.24, 2.45) is 5.41 Å². The van der Waals surface area contributed by atoms with Crippen LogP contribution >= 0.6 is 0 Å². The molecule has 2 nitrogen and oxygen atoms in total. The van der Waals surface area contributed by atoms with Crippen LogP contribution in [0.15, 0.2) is 30.3 Å². The summed E-state index contributed by atoms with van der Waals surface area (Å²) < 4.78 is 0. The summed E-state index contributed by atoms with van der Waals surface area (Å²) in [6, 6.07) is 11.5. The lowest BCUT2D eigenvalue weighted by Crippen LogP contribution is -2.65. The van der Waals surface area contributed by atoms with Crippen molar-refractivity contribution in [3.8, 4) is 0 Å². The van der Waals surface area contributed by atoms with Gasteiger partial charge in [-0.15, -0.1) is 0 Å². The molecular formula is C19H32N2. The summed E-state index contributed by atoms with van der Waals surface area (Å²) in [5.41, 5.74) is 2.03. The predicted octanol–water partition coefficient (Wildman–Crippen LogP) is 3.72. The molecule has 1 fully saturated rings. The molecule has 0 radical (unpaired) electrons. The second kappa shape index (κ2) is 6.50. The van der Waals surface area contributed by atoms with Crippen LogP contribution in [-0.2, 0) is 6.42 Å². The highest BCUT2D eigenvalue weighted by Gasteiger charge is 2.39. The maximum absolute atomic E-state index is 3.79. The van der Waals surface area contributed by atoms with Gasteiger partial charge in [0.2, 0.25) is 0 Å². The average Bonchev–Trinajstić information content (AvgIpc) is 2.45. The lowest BCUT2D eigenvalue weighted by atomic mass is 9.81. The van der Waals surface area contributed by atoms with Crippen LogP contribution in [0.4, 0.5) is 0 Å². The van der Waals surface area contributed by atoms with Crippen molar-refractivity contribution < 1.29 is 0 Å². The second-order valence-corrected chi connectivity index (χ2v) is 7.88. The normalized spacial score (nSPS) is 27.8. The summed E-state index contributed by atoms with van der Waals surface area (Å²) in [5, 5.41) is 3.79. The van der Waals surface area contributed by atoms with E-state index >= 15 is 0 Å². The van der Waals surface area contributed by atoms with Crippen molar-refractivity contribution in [1.82, 2.24) is 10.2 Å². The fourth-order valence-electron chi connectivity index (χ4n) is 3.33. The zero-order valence-corrected chi connectivity index (χ0v) is 14.4. The van der Waals surface area contributed by atoms with Crippen LogP contribution in [0.2, 0.25) is 0 Å². The highest BCUT2D eigenvalue weighted by molar-refractivity contribution is 5.15. The van der Waals surface area contributed by atoms with Crippen LogP contribution in [-0.4, -0.2) is 36.1 Å². The molecule has 0 bridgehead atoms. The summed E-state index contributed by atoms with van der Waals surface area (Å²) in [6.07, 6.45) is 2.33. The number of nitrogens with zero attached hydrogens (tertiary/aromatic N) is 1. The molecule has 0 amide bonds. The largest absolute Gasteiger partial charge is 0.309 e. The second-order valence-electron chi connectivity index (χ2n) is 7.88. The number of benzene rings is 1. The molecule has 1 aromatic carbocycles. The zero-order valence-electron chi connectivity index (χ0n) is 14.4. The smallest absolute Gasteiger partial charge is 0.0278 e. The van der Waals surface area contributed by atoms with E-state index < -0.39 is 0 Å². The highest BCUT2D eigenvalue weighted by Crippen LogP contribution is 2.30. The number of hydrogen-bond acceptors (Lipinski definition) is 2. The van der Waals surface area contributed by atoms with E-state index in [1.54, 1.807) is 0 Å². The molecule has 1 N–H and O–H groups in total. The van der Waals surface area contributed by atoms with E-state index in [9.17, 15) is 0 Å². The quantitative estimate of drug-likeness (QED) is 0.908. The third-order valence-corrected chi connectivity index (χ3v) is 5.03. The maximum Gasteiger partial charge on any atom is 0.0278 e. The Morgan fingerprint density at radius 2 is 1.90 bits per heavy atom. The Morgan fingerprint density at radius 3 is 2.48 bits per heavy atom. The van der Waals surface area contributed by atoms with E-state index in [2.05, 4.69) is 75.2 Å². The lowest BCUT2D eigenvalue weighted by Gasteiger charge is -2.50. The minimum absolute atomic E-state index is 0.262. The molecule has 21 heavy (non-hydrogen) atoms. The molecular weight excluding hydrogens is 256 g/mol. The molecule has 0 spiro atoms. The summed E-state index contributed by atoms with van der Waals surface area (Å²) in [5.74, 6) is 0. The van der Waals surface area contributed by atoms with Crippen LogP contribution in [0.25, 0.3) is 0 Å². The van der Waals surface area contributed by atoms with E-state index in [0.717, 1.165) is 26.1 Å². The van der Waals surface area contributed by atoms with E-state index in [4.69, 9.17) is 0 Å². The Hall–Kier alpha value is -0.860. The van der Waals surface area contributed by atoms with Gasteiger partial charge in [-0.1, -0.05) is 58.0 Å². The summed E-state index contributed by atoms with van der Waals surface area (Å²) >= 11 is 0. The molecule has 1 aliphatic rings. The van der Waals surface area contributed by atoms with Crippen molar-refractivity contribution in [3.63, 3.8) is 0 Å². The third kappa shape index (κ3) is 4.31. The maximum atomic E-state index is 3.79. The molecule has 1 heterocycles. The van der Waals surface area contributed by atoms with E-state index in [1.807, 2.05) is 0 Å². The Bertz CT molecular complexity index is 435. The molecule has 0 aliphatic carbocycles. The first kappa shape index (κ1) is 16.5. The minimum Gasteiger partial charge on any atom is -0.309 e. The molecule has 2 unspecified atom stereocenters. The van der Waals surface area contributed by atoms with Crippen LogP contribution < -0.4 is 5.32 Å². The highest BCUT2D eigenvalue weighted by atomic mass is 15.3. The molecule has 2 atom stereocenters. The first-order chi connectivity index (χ1) is 9.84. The van der Waals surface area contributed by atoms with Gasteiger partial charge >= 0.3 is 0 Å². The standard InChI is InChI=1S/C19H32N2/c1-6-19(5)15-21(17(14-20-19)18(2,3)4)13-12-16-10-8-7-9-11-16/h7-11,17,20H,6,12-15H2,1-5H3. The van der Waals surface area contributed by atoms with E-state index in [-0.39, 0.29) is 5.54 Å². The fraction of sp³-hybridized carbons (Fsp3) is 0.684. The van der Waals surface area contributed by atoms with E-state index in [1.165, 1.54) is 12.0 Å². The average molecular weight is 288 g/mol.